The van der Waals surface area contributed by atoms with E-state index in [2.05, 4.69) is 16.9 Å². The van der Waals surface area contributed by atoms with Crippen molar-refractivity contribution in [1.29, 1.82) is 0 Å². The largest absolute Gasteiger partial charge is 0.481 e. The number of carboxylic acids is 1. The smallest absolute Gasteiger partial charge is 0.307 e. The lowest BCUT2D eigenvalue weighted by atomic mass is 10.00. The van der Waals surface area contributed by atoms with Crippen molar-refractivity contribution in [3.05, 3.63) is 47.8 Å². The van der Waals surface area contributed by atoms with E-state index >= 15 is 0 Å². The van der Waals surface area contributed by atoms with Crippen LogP contribution in [0.15, 0.2) is 36.7 Å². The number of unbranched alkanes of at least 4 members (excludes halogenated alkanes) is 6. The fraction of sp³-hybridized carbons (Fsp3) is 0.560. The number of nitrogens with zero attached hydrogens (tertiary/aromatic N) is 2. The minimum atomic E-state index is -0.849. The third kappa shape index (κ3) is 8.43. The van der Waals surface area contributed by atoms with Crippen molar-refractivity contribution in [3.63, 3.8) is 0 Å². The molecule has 0 aliphatic carbocycles. The zero-order chi connectivity index (χ0) is 21.8. The van der Waals surface area contributed by atoms with Gasteiger partial charge in [0.1, 0.15) is 0 Å². The first kappa shape index (κ1) is 24.3. The van der Waals surface area contributed by atoms with E-state index in [4.69, 9.17) is 16.7 Å². The van der Waals surface area contributed by atoms with Crippen molar-refractivity contribution in [2.45, 2.75) is 83.4 Å². The summed E-state index contributed by atoms with van der Waals surface area (Å²) < 4.78 is 0. The monoisotopic (exact) mass is 430 g/mol. The normalized spacial score (nSPS) is 13.2. The molecule has 0 spiro atoms. The molecule has 0 aliphatic heterocycles. The molecule has 1 aromatic carbocycles. The number of carboxylic acid groups (broad SMARTS) is 1. The quantitative estimate of drug-likeness (QED) is 0.267. The van der Waals surface area contributed by atoms with E-state index in [-0.39, 0.29) is 5.38 Å². The standard InChI is InChI=1S/C25H35ClN2O2/c1-3-4-5-6-7-8-9-10-21-17-27-24(28-18-21)22-14-11-20(12-15-22)13-16-23(26)19(2)25(29)30/h11-12,14-15,17-19,23H,3-10,13,16H2,1-2H3,(H,29,30). The molecule has 4 nitrogen and oxygen atoms in total. The van der Waals surface area contributed by atoms with Gasteiger partial charge in [-0.15, -0.1) is 11.6 Å². The van der Waals surface area contributed by atoms with E-state index < -0.39 is 11.9 Å². The van der Waals surface area contributed by atoms with Crippen molar-refractivity contribution in [3.8, 4) is 11.4 Å². The average molecular weight is 431 g/mol. The summed E-state index contributed by atoms with van der Waals surface area (Å²) in [5, 5.41) is 8.67. The van der Waals surface area contributed by atoms with Crippen LogP contribution in [-0.4, -0.2) is 26.4 Å². The van der Waals surface area contributed by atoms with Gasteiger partial charge in [-0.05, 0) is 36.8 Å². The second-order valence-electron chi connectivity index (χ2n) is 8.16. The molecular formula is C25H35ClN2O2. The summed E-state index contributed by atoms with van der Waals surface area (Å²) in [4.78, 5) is 20.1. The van der Waals surface area contributed by atoms with Crippen LogP contribution in [-0.2, 0) is 17.6 Å². The van der Waals surface area contributed by atoms with E-state index in [0.29, 0.717) is 6.42 Å². The molecule has 30 heavy (non-hydrogen) atoms. The first-order valence-corrected chi connectivity index (χ1v) is 11.7. The Balaban J connectivity index is 1.77. The third-order valence-electron chi connectivity index (χ3n) is 5.63. The zero-order valence-corrected chi connectivity index (χ0v) is 19.1. The Kier molecular flexibility index (Phi) is 10.9. The Morgan fingerprint density at radius 1 is 0.933 bits per heavy atom. The molecule has 0 aliphatic rings. The lowest BCUT2D eigenvalue weighted by Crippen LogP contribution is -2.21. The first-order chi connectivity index (χ1) is 14.5. The van der Waals surface area contributed by atoms with Gasteiger partial charge >= 0.3 is 5.97 Å². The van der Waals surface area contributed by atoms with Crippen LogP contribution in [0.3, 0.4) is 0 Å². The summed E-state index contributed by atoms with van der Waals surface area (Å²) in [6, 6.07) is 8.12. The predicted octanol–water partition coefficient (Wildman–Crippen LogP) is 6.70. The average Bonchev–Trinajstić information content (AvgIpc) is 2.77. The molecule has 2 unspecified atom stereocenters. The van der Waals surface area contributed by atoms with Gasteiger partial charge in [0.25, 0.3) is 0 Å². The second kappa shape index (κ2) is 13.4. The molecule has 164 valence electrons. The molecule has 2 rings (SSSR count). The van der Waals surface area contributed by atoms with Gasteiger partial charge in [-0.3, -0.25) is 4.79 Å². The fourth-order valence-electron chi connectivity index (χ4n) is 3.45. The Labute approximate surface area is 186 Å². The second-order valence-corrected chi connectivity index (χ2v) is 8.73. The van der Waals surface area contributed by atoms with E-state index in [1.165, 1.54) is 50.5 Å². The van der Waals surface area contributed by atoms with Crippen molar-refractivity contribution in [1.82, 2.24) is 9.97 Å². The fourth-order valence-corrected chi connectivity index (χ4v) is 3.67. The Morgan fingerprint density at radius 2 is 1.53 bits per heavy atom. The van der Waals surface area contributed by atoms with Crippen molar-refractivity contribution < 1.29 is 9.90 Å². The molecule has 1 heterocycles. The van der Waals surface area contributed by atoms with Crippen LogP contribution in [0.1, 0.15) is 76.3 Å². The highest BCUT2D eigenvalue weighted by Gasteiger charge is 2.20. The van der Waals surface area contributed by atoms with E-state index in [1.54, 1.807) is 6.92 Å². The molecule has 0 bridgehead atoms. The van der Waals surface area contributed by atoms with Gasteiger partial charge in [0, 0.05) is 23.3 Å². The summed E-state index contributed by atoms with van der Waals surface area (Å²) in [6.45, 7) is 3.90. The molecule has 0 amide bonds. The lowest BCUT2D eigenvalue weighted by Gasteiger charge is -2.13. The van der Waals surface area contributed by atoms with Crippen molar-refractivity contribution in [2.24, 2.45) is 5.92 Å². The maximum Gasteiger partial charge on any atom is 0.307 e. The van der Waals surface area contributed by atoms with Crippen LogP contribution < -0.4 is 0 Å². The van der Waals surface area contributed by atoms with Gasteiger partial charge in [-0.25, -0.2) is 9.97 Å². The van der Waals surface area contributed by atoms with Crippen LogP contribution in [0.4, 0.5) is 0 Å². The Morgan fingerprint density at radius 3 is 2.13 bits per heavy atom. The lowest BCUT2D eigenvalue weighted by molar-refractivity contribution is -0.141. The Hall–Kier alpha value is -1.94. The van der Waals surface area contributed by atoms with Crippen LogP contribution in [0.25, 0.3) is 11.4 Å². The summed E-state index contributed by atoms with van der Waals surface area (Å²) in [7, 11) is 0. The highest BCUT2D eigenvalue weighted by molar-refractivity contribution is 6.21. The van der Waals surface area contributed by atoms with Crippen molar-refractivity contribution in [2.75, 3.05) is 0 Å². The third-order valence-corrected chi connectivity index (χ3v) is 6.22. The van der Waals surface area contributed by atoms with Gasteiger partial charge in [0.15, 0.2) is 5.82 Å². The number of aromatic nitrogens is 2. The minimum absolute atomic E-state index is 0.366. The number of aryl methyl sites for hydroxylation is 2. The first-order valence-electron chi connectivity index (χ1n) is 11.3. The molecule has 0 saturated heterocycles. The van der Waals surface area contributed by atoms with Crippen LogP contribution in [0.5, 0.6) is 0 Å². The predicted molar refractivity (Wildman–Crippen MR) is 124 cm³/mol. The van der Waals surface area contributed by atoms with E-state index in [9.17, 15) is 4.79 Å². The number of halogens is 1. The maximum atomic E-state index is 11.0. The highest BCUT2D eigenvalue weighted by Crippen LogP contribution is 2.20. The Bertz CT molecular complexity index is 747. The number of benzene rings is 1. The molecular weight excluding hydrogens is 396 g/mol. The van der Waals surface area contributed by atoms with Crippen LogP contribution >= 0.6 is 11.6 Å². The molecule has 1 N–H and O–H groups in total. The van der Waals surface area contributed by atoms with E-state index in [0.717, 1.165) is 29.8 Å². The summed E-state index contributed by atoms with van der Waals surface area (Å²) in [5.74, 6) is -0.656. The maximum absolute atomic E-state index is 11.0. The molecule has 5 heteroatoms. The van der Waals surface area contributed by atoms with E-state index in [1.807, 2.05) is 36.7 Å². The summed E-state index contributed by atoms with van der Waals surface area (Å²) in [5.41, 5.74) is 3.32. The van der Waals surface area contributed by atoms with Gasteiger partial charge in [-0.2, -0.15) is 0 Å². The number of carbonyl (C=O) groups is 1. The van der Waals surface area contributed by atoms with Gasteiger partial charge in [0.05, 0.1) is 5.92 Å². The highest BCUT2D eigenvalue weighted by atomic mass is 35.5. The van der Waals surface area contributed by atoms with Crippen LogP contribution in [0, 0.1) is 5.92 Å². The number of alkyl halides is 1. The topological polar surface area (TPSA) is 63.1 Å². The summed E-state index contributed by atoms with van der Waals surface area (Å²) in [6.07, 6.45) is 15.5. The van der Waals surface area contributed by atoms with Gasteiger partial charge in [0.2, 0.25) is 0 Å². The number of aliphatic carboxylic acids is 1. The molecule has 2 aromatic rings. The van der Waals surface area contributed by atoms with Crippen LogP contribution in [0.2, 0.25) is 0 Å². The molecule has 0 saturated carbocycles. The SMILES string of the molecule is CCCCCCCCCc1cnc(-c2ccc(CCC(Cl)C(C)C(=O)O)cc2)nc1. The minimum Gasteiger partial charge on any atom is -0.481 e. The van der Waals surface area contributed by atoms with Gasteiger partial charge < -0.3 is 5.11 Å². The van der Waals surface area contributed by atoms with Crippen molar-refractivity contribution >= 4 is 17.6 Å². The molecule has 2 atom stereocenters. The number of hydrogen-bond acceptors (Lipinski definition) is 3. The molecule has 1 aromatic heterocycles. The summed E-state index contributed by atoms with van der Waals surface area (Å²) >= 11 is 6.19. The number of hydrogen-bond donors (Lipinski definition) is 1. The zero-order valence-electron chi connectivity index (χ0n) is 18.3. The number of rotatable bonds is 14. The molecule has 0 fully saturated rings. The molecule has 0 radical (unpaired) electrons. The van der Waals surface area contributed by atoms with Gasteiger partial charge in [-0.1, -0.05) is 76.6 Å².